The number of nitrogens with one attached hydrogen (secondary N) is 1. The number of aryl methyl sites for hydroxylation is 1. The van der Waals surface area contributed by atoms with Crippen LogP contribution in [0.3, 0.4) is 0 Å². The van der Waals surface area contributed by atoms with E-state index < -0.39 is 23.6 Å². The zero-order valence-corrected chi connectivity index (χ0v) is 16.6. The quantitative estimate of drug-likeness (QED) is 0.620. The average Bonchev–Trinajstić information content (AvgIpc) is 2.96. The maximum atomic E-state index is 13.9. The van der Waals surface area contributed by atoms with Gasteiger partial charge >= 0.3 is 6.18 Å². The zero-order valence-electron chi connectivity index (χ0n) is 16.6. The molecule has 1 amide bonds. The molecule has 0 unspecified atom stereocenters. The van der Waals surface area contributed by atoms with E-state index in [2.05, 4.69) is 15.4 Å². The van der Waals surface area contributed by atoms with E-state index in [-0.39, 0.29) is 18.1 Å². The summed E-state index contributed by atoms with van der Waals surface area (Å²) in [5, 5.41) is 7.07. The molecule has 3 aromatic rings. The molecule has 0 bridgehead atoms. The lowest BCUT2D eigenvalue weighted by Gasteiger charge is -2.15. The molecule has 1 atom stereocenters. The Hall–Kier alpha value is -3.23. The molecule has 5 nitrogen and oxygen atoms in total. The monoisotopic (exact) mass is 420 g/mol. The molecule has 0 fully saturated rings. The molecular formula is C21H20F4N4O. The Labute approximate surface area is 170 Å². The normalized spacial score (nSPS) is 12.6. The third kappa shape index (κ3) is 4.50. The van der Waals surface area contributed by atoms with Gasteiger partial charge in [0.05, 0.1) is 23.7 Å². The van der Waals surface area contributed by atoms with Gasteiger partial charge in [-0.05, 0) is 39.0 Å². The first kappa shape index (κ1) is 21.5. The van der Waals surface area contributed by atoms with Gasteiger partial charge in [0.15, 0.2) is 5.82 Å². The van der Waals surface area contributed by atoms with Crippen molar-refractivity contribution in [3.05, 3.63) is 76.5 Å². The zero-order chi connectivity index (χ0) is 22.1. The number of benzene rings is 1. The van der Waals surface area contributed by atoms with Gasteiger partial charge in [0.2, 0.25) is 5.91 Å². The molecule has 30 heavy (non-hydrogen) atoms. The molecule has 1 aromatic carbocycles. The first-order valence-electron chi connectivity index (χ1n) is 9.20. The van der Waals surface area contributed by atoms with Crippen LogP contribution in [0, 0.1) is 19.7 Å². The van der Waals surface area contributed by atoms with Crippen LogP contribution in [0.4, 0.5) is 17.6 Å². The van der Waals surface area contributed by atoms with Crippen LogP contribution in [0.15, 0.2) is 42.6 Å². The van der Waals surface area contributed by atoms with Crippen LogP contribution in [0.5, 0.6) is 0 Å². The molecule has 2 aromatic heterocycles. The molecule has 158 valence electrons. The number of rotatable bonds is 5. The Morgan fingerprint density at radius 3 is 2.47 bits per heavy atom. The summed E-state index contributed by atoms with van der Waals surface area (Å²) in [7, 11) is 0. The van der Waals surface area contributed by atoms with Gasteiger partial charge in [0.1, 0.15) is 5.82 Å². The van der Waals surface area contributed by atoms with Crippen molar-refractivity contribution in [2.45, 2.75) is 39.4 Å². The molecule has 2 heterocycles. The maximum absolute atomic E-state index is 13.9. The van der Waals surface area contributed by atoms with Crippen molar-refractivity contribution in [1.82, 2.24) is 20.1 Å². The van der Waals surface area contributed by atoms with Gasteiger partial charge < -0.3 is 5.32 Å². The molecule has 0 saturated heterocycles. The number of nitrogens with zero attached hydrogens (tertiary/aromatic N) is 3. The van der Waals surface area contributed by atoms with E-state index in [1.807, 2.05) is 0 Å². The number of halogens is 4. The summed E-state index contributed by atoms with van der Waals surface area (Å²) in [6.45, 7) is 5.10. The molecule has 0 aliphatic rings. The maximum Gasteiger partial charge on any atom is 0.417 e. The fourth-order valence-corrected chi connectivity index (χ4v) is 3.19. The summed E-state index contributed by atoms with van der Waals surface area (Å²) in [6.07, 6.45) is -3.73. The minimum absolute atomic E-state index is 0.00288. The van der Waals surface area contributed by atoms with Crippen LogP contribution in [-0.2, 0) is 17.4 Å². The minimum atomic E-state index is -4.47. The summed E-state index contributed by atoms with van der Waals surface area (Å²) in [5.74, 6) is -0.509. The first-order valence-corrected chi connectivity index (χ1v) is 9.20. The van der Waals surface area contributed by atoms with E-state index in [4.69, 9.17) is 0 Å². The highest BCUT2D eigenvalue weighted by molar-refractivity contribution is 5.79. The molecule has 0 spiro atoms. The second kappa shape index (κ2) is 8.25. The summed E-state index contributed by atoms with van der Waals surface area (Å²) in [6, 6.07) is 7.83. The molecule has 0 saturated carbocycles. The van der Waals surface area contributed by atoms with Crippen molar-refractivity contribution in [3.8, 4) is 5.82 Å². The van der Waals surface area contributed by atoms with Gasteiger partial charge in [-0.15, -0.1) is 0 Å². The highest BCUT2D eigenvalue weighted by Gasteiger charge is 2.31. The largest absolute Gasteiger partial charge is 0.417 e. The van der Waals surface area contributed by atoms with Crippen LogP contribution in [0.1, 0.15) is 41.0 Å². The number of carbonyl (C=O) groups is 1. The minimum Gasteiger partial charge on any atom is -0.349 e. The summed E-state index contributed by atoms with van der Waals surface area (Å²) < 4.78 is 53.5. The van der Waals surface area contributed by atoms with Crippen LogP contribution in [0.2, 0.25) is 0 Å². The second-order valence-electron chi connectivity index (χ2n) is 6.95. The number of hydrogen-bond donors (Lipinski definition) is 1. The van der Waals surface area contributed by atoms with E-state index in [0.29, 0.717) is 22.5 Å². The number of alkyl halides is 3. The third-order valence-electron chi connectivity index (χ3n) is 4.82. The number of pyridine rings is 1. The Kier molecular flexibility index (Phi) is 5.91. The van der Waals surface area contributed by atoms with Gasteiger partial charge in [-0.1, -0.05) is 18.2 Å². The Bertz CT molecular complexity index is 1060. The van der Waals surface area contributed by atoms with E-state index in [1.54, 1.807) is 39.0 Å². The molecule has 9 heteroatoms. The summed E-state index contributed by atoms with van der Waals surface area (Å²) >= 11 is 0. The Morgan fingerprint density at radius 1 is 1.17 bits per heavy atom. The lowest BCUT2D eigenvalue weighted by atomic mass is 10.1. The van der Waals surface area contributed by atoms with Gasteiger partial charge in [-0.3, -0.25) is 4.79 Å². The average molecular weight is 420 g/mol. The van der Waals surface area contributed by atoms with E-state index in [1.165, 1.54) is 16.8 Å². The smallest absolute Gasteiger partial charge is 0.349 e. The predicted octanol–water partition coefficient (Wildman–Crippen LogP) is 4.46. The van der Waals surface area contributed by atoms with Gasteiger partial charge in [0, 0.05) is 23.0 Å². The van der Waals surface area contributed by atoms with Crippen molar-refractivity contribution in [2.75, 3.05) is 0 Å². The fraction of sp³-hybridized carbons (Fsp3) is 0.286. The van der Waals surface area contributed by atoms with Crippen molar-refractivity contribution >= 4 is 5.91 Å². The van der Waals surface area contributed by atoms with Crippen LogP contribution in [0.25, 0.3) is 5.82 Å². The molecular weight excluding hydrogens is 400 g/mol. The first-order chi connectivity index (χ1) is 14.1. The van der Waals surface area contributed by atoms with Crippen molar-refractivity contribution in [3.63, 3.8) is 0 Å². The van der Waals surface area contributed by atoms with Crippen LogP contribution >= 0.6 is 0 Å². The Morgan fingerprint density at radius 2 is 1.87 bits per heavy atom. The van der Waals surface area contributed by atoms with Crippen molar-refractivity contribution in [1.29, 1.82) is 0 Å². The van der Waals surface area contributed by atoms with Gasteiger partial charge in [-0.2, -0.15) is 18.3 Å². The molecule has 1 N–H and O–H groups in total. The summed E-state index contributed by atoms with van der Waals surface area (Å²) in [5.41, 5.74) is 1.31. The SMILES string of the molecule is Cc1nn(-c2ccc(C(F)(F)F)cn2)c(C)c1CC(=O)N[C@@H](C)c1ccccc1F. The lowest BCUT2D eigenvalue weighted by molar-refractivity contribution is -0.137. The number of carbonyl (C=O) groups excluding carboxylic acids is 1. The molecule has 0 aliphatic heterocycles. The molecule has 0 radical (unpaired) electrons. The predicted molar refractivity (Wildman–Crippen MR) is 102 cm³/mol. The molecule has 3 rings (SSSR count). The standard InChI is InChI=1S/C21H20F4N4O/c1-12(16-6-4-5-7-18(16)22)27-20(30)10-17-13(2)28-29(14(17)3)19-9-8-15(11-26-19)21(23,24)25/h4-9,11-12H,10H2,1-3H3,(H,27,30)/t12-/m0/s1. The van der Waals surface area contributed by atoms with Crippen LogP contribution < -0.4 is 5.32 Å². The van der Waals surface area contributed by atoms with Gasteiger partial charge in [0.25, 0.3) is 0 Å². The summed E-state index contributed by atoms with van der Waals surface area (Å²) in [4.78, 5) is 16.3. The lowest BCUT2D eigenvalue weighted by Crippen LogP contribution is -2.29. The van der Waals surface area contributed by atoms with Gasteiger partial charge in [-0.25, -0.2) is 14.1 Å². The highest BCUT2D eigenvalue weighted by Crippen LogP contribution is 2.29. The van der Waals surface area contributed by atoms with E-state index in [0.717, 1.165) is 12.3 Å². The van der Waals surface area contributed by atoms with E-state index >= 15 is 0 Å². The second-order valence-corrected chi connectivity index (χ2v) is 6.95. The Balaban J connectivity index is 1.77. The number of hydrogen-bond acceptors (Lipinski definition) is 3. The third-order valence-corrected chi connectivity index (χ3v) is 4.82. The number of aromatic nitrogens is 3. The fourth-order valence-electron chi connectivity index (χ4n) is 3.19. The van der Waals surface area contributed by atoms with Crippen molar-refractivity contribution < 1.29 is 22.4 Å². The highest BCUT2D eigenvalue weighted by atomic mass is 19.4. The topological polar surface area (TPSA) is 59.8 Å². The number of amides is 1. The van der Waals surface area contributed by atoms with Crippen molar-refractivity contribution in [2.24, 2.45) is 0 Å². The molecule has 0 aliphatic carbocycles. The van der Waals surface area contributed by atoms with E-state index in [9.17, 15) is 22.4 Å². The van der Waals surface area contributed by atoms with Crippen LogP contribution in [-0.4, -0.2) is 20.7 Å².